The van der Waals surface area contributed by atoms with E-state index in [0.29, 0.717) is 31.4 Å². The van der Waals surface area contributed by atoms with Gasteiger partial charge in [0.1, 0.15) is 0 Å². The zero-order chi connectivity index (χ0) is 18.1. The van der Waals surface area contributed by atoms with Crippen LogP contribution in [-0.2, 0) is 15.9 Å². The van der Waals surface area contributed by atoms with Gasteiger partial charge in [0.05, 0.1) is 19.8 Å². The number of nitrogens with zero attached hydrogens (tertiary/aromatic N) is 4. The largest absolute Gasteiger partial charge is 0.382 e. The Labute approximate surface area is 150 Å². The average Bonchev–Trinajstić information content (AvgIpc) is 3.25. The molecule has 1 atom stereocenters. The first-order valence-electron chi connectivity index (χ1n) is 8.98. The summed E-state index contributed by atoms with van der Waals surface area (Å²) in [5.41, 5.74) is 0. The van der Waals surface area contributed by atoms with Crippen molar-refractivity contribution in [2.45, 2.75) is 32.6 Å². The van der Waals surface area contributed by atoms with Gasteiger partial charge in [0, 0.05) is 52.0 Å². The van der Waals surface area contributed by atoms with Gasteiger partial charge in [-0.3, -0.25) is 4.99 Å². The molecule has 0 aromatic carbocycles. The van der Waals surface area contributed by atoms with Crippen molar-refractivity contribution in [1.29, 1.82) is 0 Å². The van der Waals surface area contributed by atoms with E-state index < -0.39 is 0 Å². The second-order valence-electron chi connectivity index (χ2n) is 6.59. The topological polar surface area (TPSA) is 85.0 Å². The number of rotatable bonds is 9. The molecule has 0 radical (unpaired) electrons. The van der Waals surface area contributed by atoms with Crippen molar-refractivity contribution in [2.24, 2.45) is 10.9 Å². The Kier molecular flexibility index (Phi) is 8.14. The first-order valence-corrected chi connectivity index (χ1v) is 8.98. The van der Waals surface area contributed by atoms with E-state index in [2.05, 4.69) is 39.2 Å². The minimum absolute atomic E-state index is 0.283. The van der Waals surface area contributed by atoms with E-state index >= 15 is 0 Å². The van der Waals surface area contributed by atoms with Crippen LogP contribution in [0.15, 0.2) is 9.52 Å². The van der Waals surface area contributed by atoms with Crippen LogP contribution < -0.4 is 5.32 Å². The maximum Gasteiger partial charge on any atom is 0.228 e. The minimum atomic E-state index is 0.283. The maximum absolute atomic E-state index is 5.64. The lowest BCUT2D eigenvalue weighted by Crippen LogP contribution is -2.41. The van der Waals surface area contributed by atoms with E-state index in [9.17, 15) is 0 Å². The van der Waals surface area contributed by atoms with Crippen LogP contribution in [-0.4, -0.2) is 74.6 Å². The molecule has 1 unspecified atom stereocenters. The average molecular weight is 353 g/mol. The van der Waals surface area contributed by atoms with Crippen molar-refractivity contribution in [1.82, 2.24) is 20.4 Å². The summed E-state index contributed by atoms with van der Waals surface area (Å²) >= 11 is 0. The van der Waals surface area contributed by atoms with Crippen molar-refractivity contribution >= 4 is 5.96 Å². The molecule has 0 aliphatic carbocycles. The summed E-state index contributed by atoms with van der Waals surface area (Å²) in [5.74, 6) is 3.17. The van der Waals surface area contributed by atoms with Gasteiger partial charge in [0.2, 0.25) is 5.89 Å². The third-order valence-electron chi connectivity index (χ3n) is 4.20. The third kappa shape index (κ3) is 6.28. The van der Waals surface area contributed by atoms with E-state index in [0.717, 1.165) is 44.4 Å². The summed E-state index contributed by atoms with van der Waals surface area (Å²) in [6, 6.07) is 0. The minimum Gasteiger partial charge on any atom is -0.382 e. The molecule has 0 saturated carbocycles. The van der Waals surface area contributed by atoms with Crippen LogP contribution in [0.1, 0.15) is 37.9 Å². The normalized spacial score (nSPS) is 18.4. The molecular formula is C17H31N5O3. The summed E-state index contributed by atoms with van der Waals surface area (Å²) in [6.45, 7) is 8.86. The summed E-state index contributed by atoms with van der Waals surface area (Å²) < 4.78 is 15.9. The van der Waals surface area contributed by atoms with Crippen molar-refractivity contribution in [3.8, 4) is 0 Å². The van der Waals surface area contributed by atoms with E-state index in [1.54, 1.807) is 7.11 Å². The number of aliphatic imine (C=N–C) groups is 1. The van der Waals surface area contributed by atoms with Gasteiger partial charge >= 0.3 is 0 Å². The zero-order valence-electron chi connectivity index (χ0n) is 15.8. The molecule has 0 spiro atoms. The first-order chi connectivity index (χ1) is 12.1. The maximum atomic E-state index is 5.64. The highest BCUT2D eigenvalue weighted by atomic mass is 16.5. The zero-order valence-corrected chi connectivity index (χ0v) is 15.8. The molecule has 8 heteroatoms. The van der Waals surface area contributed by atoms with Crippen LogP contribution in [0.5, 0.6) is 0 Å². The Morgan fingerprint density at radius 1 is 1.44 bits per heavy atom. The molecule has 1 N–H and O–H groups in total. The number of ether oxygens (including phenoxy) is 2. The molecule has 25 heavy (non-hydrogen) atoms. The fourth-order valence-corrected chi connectivity index (χ4v) is 2.77. The smallest absolute Gasteiger partial charge is 0.228 e. The predicted octanol–water partition coefficient (Wildman–Crippen LogP) is 1.30. The van der Waals surface area contributed by atoms with E-state index in [1.165, 1.54) is 0 Å². The van der Waals surface area contributed by atoms with Gasteiger partial charge in [-0.1, -0.05) is 19.0 Å². The number of nitrogens with one attached hydrogen (secondary N) is 1. The highest BCUT2D eigenvalue weighted by Crippen LogP contribution is 2.16. The number of hydrogen-bond acceptors (Lipinski definition) is 6. The summed E-state index contributed by atoms with van der Waals surface area (Å²) in [7, 11) is 3.50. The fourth-order valence-electron chi connectivity index (χ4n) is 2.77. The van der Waals surface area contributed by atoms with Crippen LogP contribution >= 0.6 is 0 Å². The number of guanidine groups is 1. The Morgan fingerprint density at radius 3 is 2.96 bits per heavy atom. The second kappa shape index (κ2) is 10.4. The summed E-state index contributed by atoms with van der Waals surface area (Å²) in [6.07, 6.45) is 1.81. The van der Waals surface area contributed by atoms with Crippen LogP contribution in [0, 0.1) is 5.92 Å². The summed E-state index contributed by atoms with van der Waals surface area (Å²) in [4.78, 5) is 11.1. The van der Waals surface area contributed by atoms with Gasteiger partial charge in [0.25, 0.3) is 0 Å². The van der Waals surface area contributed by atoms with Crippen molar-refractivity contribution < 1.29 is 14.0 Å². The number of aromatic nitrogens is 2. The molecule has 1 fully saturated rings. The van der Waals surface area contributed by atoms with E-state index in [1.807, 2.05) is 7.05 Å². The molecule has 1 aromatic heterocycles. The Hall–Kier alpha value is -1.67. The molecular weight excluding hydrogens is 322 g/mol. The molecule has 1 aliphatic rings. The van der Waals surface area contributed by atoms with Gasteiger partial charge in [-0.2, -0.15) is 4.98 Å². The number of methoxy groups -OCH3 is 1. The Bertz CT molecular complexity index is 532. The molecule has 1 aliphatic heterocycles. The summed E-state index contributed by atoms with van der Waals surface area (Å²) in [5, 5.41) is 7.37. The Morgan fingerprint density at radius 2 is 2.28 bits per heavy atom. The SMILES string of the molecule is CN=C(NCCc1nc(C(C)C)no1)N1CCC(COCCOC)C1. The van der Waals surface area contributed by atoms with E-state index in [-0.39, 0.29) is 5.92 Å². The van der Waals surface area contributed by atoms with Gasteiger partial charge < -0.3 is 24.2 Å². The van der Waals surface area contributed by atoms with Gasteiger partial charge in [0.15, 0.2) is 11.8 Å². The Balaban J connectivity index is 1.69. The lowest BCUT2D eigenvalue weighted by Gasteiger charge is -2.21. The molecule has 2 heterocycles. The van der Waals surface area contributed by atoms with Gasteiger partial charge in [-0.15, -0.1) is 0 Å². The van der Waals surface area contributed by atoms with Crippen molar-refractivity contribution in [3.05, 3.63) is 11.7 Å². The third-order valence-corrected chi connectivity index (χ3v) is 4.20. The number of likely N-dealkylation sites (tertiary alicyclic amines) is 1. The van der Waals surface area contributed by atoms with Crippen LogP contribution in [0.4, 0.5) is 0 Å². The highest BCUT2D eigenvalue weighted by molar-refractivity contribution is 5.80. The molecule has 142 valence electrons. The highest BCUT2D eigenvalue weighted by Gasteiger charge is 2.24. The molecule has 8 nitrogen and oxygen atoms in total. The van der Waals surface area contributed by atoms with Crippen molar-refractivity contribution in [2.75, 3.05) is 53.6 Å². The number of hydrogen-bond donors (Lipinski definition) is 1. The quantitative estimate of drug-likeness (QED) is 0.407. The lowest BCUT2D eigenvalue weighted by molar-refractivity contribution is 0.0536. The lowest BCUT2D eigenvalue weighted by atomic mass is 10.1. The fraction of sp³-hybridized carbons (Fsp3) is 0.824. The van der Waals surface area contributed by atoms with E-state index in [4.69, 9.17) is 14.0 Å². The van der Waals surface area contributed by atoms with Crippen LogP contribution in [0.2, 0.25) is 0 Å². The molecule has 0 amide bonds. The molecule has 1 aromatic rings. The molecule has 1 saturated heterocycles. The van der Waals surface area contributed by atoms with Crippen LogP contribution in [0.25, 0.3) is 0 Å². The van der Waals surface area contributed by atoms with Gasteiger partial charge in [-0.05, 0) is 6.42 Å². The van der Waals surface area contributed by atoms with Crippen molar-refractivity contribution in [3.63, 3.8) is 0 Å². The van der Waals surface area contributed by atoms with Crippen LogP contribution in [0.3, 0.4) is 0 Å². The predicted molar refractivity (Wildman–Crippen MR) is 95.8 cm³/mol. The molecule has 2 rings (SSSR count). The molecule has 0 bridgehead atoms. The second-order valence-corrected chi connectivity index (χ2v) is 6.59. The standard InChI is InChI=1S/C17H31N5O3/c1-13(2)16-20-15(25-21-16)5-7-19-17(18-3)22-8-6-14(11-22)12-24-10-9-23-4/h13-14H,5-12H2,1-4H3,(H,18,19). The first kappa shape index (κ1) is 19.7. The van der Waals surface area contributed by atoms with Gasteiger partial charge in [-0.25, -0.2) is 0 Å². The monoisotopic (exact) mass is 353 g/mol.